The van der Waals surface area contributed by atoms with E-state index in [1.54, 1.807) is 16.8 Å². The maximum atomic E-state index is 12.5. The number of aromatic nitrogens is 3. The van der Waals surface area contributed by atoms with Crippen molar-refractivity contribution in [3.8, 4) is 0 Å². The Kier molecular flexibility index (Phi) is 4.79. The summed E-state index contributed by atoms with van der Waals surface area (Å²) in [5, 5.41) is 11.3. The van der Waals surface area contributed by atoms with Crippen molar-refractivity contribution in [2.24, 2.45) is 23.2 Å². The molecule has 1 aromatic carbocycles. The SMILES string of the molecule is CCn1nnc2cc(C(=O)OCC(=O)N[C@H](C)C34CC5CC(CC(C5)C3)C4)ccc21. The summed E-state index contributed by atoms with van der Waals surface area (Å²) < 4.78 is 7.05. The van der Waals surface area contributed by atoms with Crippen molar-refractivity contribution < 1.29 is 14.3 Å². The average molecular weight is 411 g/mol. The lowest BCUT2D eigenvalue weighted by atomic mass is 9.48. The molecular formula is C23H30N4O3. The maximum absolute atomic E-state index is 12.5. The van der Waals surface area contributed by atoms with E-state index in [1.165, 1.54) is 38.5 Å². The van der Waals surface area contributed by atoms with E-state index in [9.17, 15) is 9.59 Å². The Labute approximate surface area is 176 Å². The van der Waals surface area contributed by atoms with Crippen LogP contribution >= 0.6 is 0 Å². The molecular weight excluding hydrogens is 380 g/mol. The number of benzene rings is 1. The van der Waals surface area contributed by atoms with Crippen LogP contribution in [0.2, 0.25) is 0 Å². The molecule has 1 aromatic heterocycles. The fourth-order valence-corrected chi connectivity index (χ4v) is 6.69. The van der Waals surface area contributed by atoms with Crippen LogP contribution in [0.25, 0.3) is 11.0 Å². The molecule has 7 nitrogen and oxygen atoms in total. The van der Waals surface area contributed by atoms with E-state index in [1.807, 2.05) is 13.0 Å². The Bertz CT molecular complexity index is 947. The van der Waals surface area contributed by atoms with Crippen molar-refractivity contribution in [3.05, 3.63) is 23.8 Å². The largest absolute Gasteiger partial charge is 0.452 e. The van der Waals surface area contributed by atoms with Crippen LogP contribution < -0.4 is 5.32 Å². The van der Waals surface area contributed by atoms with Gasteiger partial charge < -0.3 is 10.1 Å². The lowest BCUT2D eigenvalue weighted by molar-refractivity contribution is -0.128. The molecule has 1 heterocycles. The average Bonchev–Trinajstić information content (AvgIpc) is 3.13. The Balaban J connectivity index is 1.18. The summed E-state index contributed by atoms with van der Waals surface area (Å²) in [6.07, 6.45) is 7.85. The van der Waals surface area contributed by atoms with Crippen molar-refractivity contribution in [2.75, 3.05) is 6.61 Å². The third-order valence-corrected chi connectivity index (χ3v) is 7.77. The molecule has 30 heavy (non-hydrogen) atoms. The highest BCUT2D eigenvalue weighted by Crippen LogP contribution is 2.61. The molecule has 160 valence electrons. The fraction of sp³-hybridized carbons (Fsp3) is 0.652. The van der Waals surface area contributed by atoms with E-state index in [4.69, 9.17) is 4.74 Å². The smallest absolute Gasteiger partial charge is 0.338 e. The van der Waals surface area contributed by atoms with Gasteiger partial charge in [0.15, 0.2) is 6.61 Å². The van der Waals surface area contributed by atoms with Gasteiger partial charge in [-0.05, 0) is 93.7 Å². The molecule has 4 aliphatic carbocycles. The number of fused-ring (bicyclic) bond motifs is 1. The Morgan fingerprint density at radius 2 is 1.87 bits per heavy atom. The minimum Gasteiger partial charge on any atom is -0.452 e. The number of aryl methyl sites for hydroxylation is 1. The van der Waals surface area contributed by atoms with Gasteiger partial charge in [0, 0.05) is 12.6 Å². The minimum absolute atomic E-state index is 0.123. The number of hydrogen-bond donors (Lipinski definition) is 1. The number of hydrogen-bond acceptors (Lipinski definition) is 5. The van der Waals surface area contributed by atoms with Gasteiger partial charge in [-0.2, -0.15) is 0 Å². The summed E-state index contributed by atoms with van der Waals surface area (Å²) in [7, 11) is 0. The minimum atomic E-state index is -0.513. The van der Waals surface area contributed by atoms with Crippen LogP contribution in [0.4, 0.5) is 0 Å². The fourth-order valence-electron chi connectivity index (χ4n) is 6.69. The first-order valence-corrected chi connectivity index (χ1v) is 11.3. The number of amides is 1. The molecule has 0 unspecified atom stereocenters. The topological polar surface area (TPSA) is 86.1 Å². The molecule has 1 amide bonds. The highest BCUT2D eigenvalue weighted by molar-refractivity contribution is 5.94. The molecule has 6 rings (SSSR count). The van der Waals surface area contributed by atoms with E-state index >= 15 is 0 Å². The second-order valence-corrected chi connectivity index (χ2v) is 9.75. The molecule has 0 saturated heterocycles. The molecule has 0 spiro atoms. The van der Waals surface area contributed by atoms with E-state index < -0.39 is 5.97 Å². The number of rotatable bonds is 6. The van der Waals surface area contributed by atoms with Crippen LogP contribution in [0.15, 0.2) is 18.2 Å². The van der Waals surface area contributed by atoms with Gasteiger partial charge in [-0.15, -0.1) is 5.10 Å². The van der Waals surface area contributed by atoms with Gasteiger partial charge in [0.2, 0.25) is 0 Å². The number of ether oxygens (including phenoxy) is 1. The van der Waals surface area contributed by atoms with Gasteiger partial charge in [-0.1, -0.05) is 5.21 Å². The van der Waals surface area contributed by atoms with Crippen LogP contribution in [0.1, 0.15) is 62.7 Å². The first kappa shape index (κ1) is 19.5. The first-order valence-electron chi connectivity index (χ1n) is 11.3. The van der Waals surface area contributed by atoms with Crippen molar-refractivity contribution >= 4 is 22.9 Å². The summed E-state index contributed by atoms with van der Waals surface area (Å²) >= 11 is 0. The molecule has 0 aliphatic heterocycles. The quantitative estimate of drug-likeness (QED) is 0.738. The van der Waals surface area contributed by atoms with Crippen LogP contribution in [0.3, 0.4) is 0 Å². The van der Waals surface area contributed by atoms with E-state index in [2.05, 4.69) is 22.6 Å². The van der Waals surface area contributed by atoms with Gasteiger partial charge in [-0.25, -0.2) is 9.48 Å². The number of esters is 1. The molecule has 0 radical (unpaired) electrons. The predicted molar refractivity (Wildman–Crippen MR) is 112 cm³/mol. The summed E-state index contributed by atoms with van der Waals surface area (Å²) in [6, 6.07) is 5.28. The third-order valence-electron chi connectivity index (χ3n) is 7.77. The molecule has 1 atom stereocenters. The number of nitrogens with one attached hydrogen (secondary N) is 1. The lowest BCUT2D eigenvalue weighted by Gasteiger charge is -2.59. The molecule has 4 bridgehead atoms. The lowest BCUT2D eigenvalue weighted by Crippen LogP contribution is -2.56. The third kappa shape index (κ3) is 3.38. The number of carbonyl (C=O) groups excluding carboxylic acids is 2. The molecule has 2 aromatic rings. The van der Waals surface area contributed by atoms with Gasteiger partial charge in [0.05, 0.1) is 11.1 Å². The monoisotopic (exact) mass is 410 g/mol. The van der Waals surface area contributed by atoms with Crippen LogP contribution in [0, 0.1) is 23.2 Å². The number of carbonyl (C=O) groups is 2. The summed E-state index contributed by atoms with van der Waals surface area (Å²) in [5.74, 6) is 1.79. The van der Waals surface area contributed by atoms with Gasteiger partial charge >= 0.3 is 5.97 Å². The molecule has 4 saturated carbocycles. The maximum Gasteiger partial charge on any atom is 0.338 e. The molecule has 4 aliphatic rings. The van der Waals surface area contributed by atoms with Crippen molar-refractivity contribution in [2.45, 2.75) is 65.0 Å². The van der Waals surface area contributed by atoms with E-state index in [-0.39, 0.29) is 24.0 Å². The normalized spacial score (nSPS) is 30.4. The van der Waals surface area contributed by atoms with Crippen LogP contribution in [-0.4, -0.2) is 39.5 Å². The predicted octanol–water partition coefficient (Wildman–Crippen LogP) is 3.33. The Morgan fingerprint density at radius 1 is 1.20 bits per heavy atom. The second-order valence-electron chi connectivity index (χ2n) is 9.75. The zero-order valence-electron chi connectivity index (χ0n) is 17.8. The summed E-state index contributed by atoms with van der Waals surface area (Å²) in [5.41, 5.74) is 2.14. The summed E-state index contributed by atoms with van der Waals surface area (Å²) in [4.78, 5) is 24.9. The van der Waals surface area contributed by atoms with Gasteiger partial charge in [0.25, 0.3) is 5.91 Å². The zero-order chi connectivity index (χ0) is 20.9. The number of nitrogens with zero attached hydrogens (tertiary/aromatic N) is 3. The molecule has 4 fully saturated rings. The van der Waals surface area contributed by atoms with Crippen molar-refractivity contribution in [1.29, 1.82) is 0 Å². The van der Waals surface area contributed by atoms with Gasteiger partial charge in [-0.3, -0.25) is 4.79 Å². The molecule has 7 heteroatoms. The van der Waals surface area contributed by atoms with E-state index in [0.29, 0.717) is 17.6 Å². The summed E-state index contributed by atoms with van der Waals surface area (Å²) in [6.45, 7) is 4.58. The highest BCUT2D eigenvalue weighted by Gasteiger charge is 2.53. The highest BCUT2D eigenvalue weighted by atomic mass is 16.5. The van der Waals surface area contributed by atoms with Crippen LogP contribution in [-0.2, 0) is 16.1 Å². The Morgan fingerprint density at radius 3 is 2.50 bits per heavy atom. The van der Waals surface area contributed by atoms with Gasteiger partial charge in [0.1, 0.15) is 5.52 Å². The second kappa shape index (κ2) is 7.36. The first-order chi connectivity index (χ1) is 14.5. The van der Waals surface area contributed by atoms with Crippen molar-refractivity contribution in [1.82, 2.24) is 20.3 Å². The van der Waals surface area contributed by atoms with Crippen molar-refractivity contribution in [3.63, 3.8) is 0 Å². The standard InChI is InChI=1S/C23H30N4O3/c1-3-27-20-5-4-18(9-19(20)25-26-27)22(29)30-13-21(28)24-14(2)23-10-15-6-16(11-23)8-17(7-15)12-23/h4-5,9,14-17H,3,6-8,10-13H2,1-2H3,(H,24,28)/t14-,15?,16?,17?,23?/m1/s1. The molecule has 1 N–H and O–H groups in total. The zero-order valence-corrected chi connectivity index (χ0v) is 17.8. The Hall–Kier alpha value is -2.44. The van der Waals surface area contributed by atoms with Crippen LogP contribution in [0.5, 0.6) is 0 Å². The van der Waals surface area contributed by atoms with E-state index in [0.717, 1.165) is 23.3 Å².